The molecular formula is C16H15FN4O. The second-order valence-corrected chi connectivity index (χ2v) is 5.13. The lowest BCUT2D eigenvalue weighted by Crippen LogP contribution is -2.14. The predicted molar refractivity (Wildman–Crippen MR) is 81.1 cm³/mol. The summed E-state index contributed by atoms with van der Waals surface area (Å²) in [4.78, 5) is 12.0. The molecule has 2 heterocycles. The zero-order valence-electron chi connectivity index (χ0n) is 12.1. The highest BCUT2D eigenvalue weighted by Gasteiger charge is 2.09. The molecule has 0 atom stereocenters. The van der Waals surface area contributed by atoms with Gasteiger partial charge in [0.1, 0.15) is 5.82 Å². The number of nitrogens with zero attached hydrogens (tertiary/aromatic N) is 3. The Labute approximate surface area is 126 Å². The Morgan fingerprint density at radius 1 is 1.27 bits per heavy atom. The SMILES string of the molecule is Cc1ccn2c(NC(=O)CCc3cccc(F)c3)nnc2c1. The van der Waals surface area contributed by atoms with Gasteiger partial charge in [-0.3, -0.25) is 14.5 Å². The lowest BCUT2D eigenvalue weighted by molar-refractivity contribution is -0.116. The van der Waals surface area contributed by atoms with E-state index in [1.807, 2.05) is 25.3 Å². The van der Waals surface area contributed by atoms with E-state index in [0.29, 0.717) is 18.0 Å². The Bertz CT molecular complexity index is 828. The number of fused-ring (bicyclic) bond motifs is 1. The van der Waals surface area contributed by atoms with Crippen LogP contribution >= 0.6 is 0 Å². The Morgan fingerprint density at radius 3 is 2.95 bits per heavy atom. The van der Waals surface area contributed by atoms with Gasteiger partial charge in [-0.15, -0.1) is 10.2 Å². The Hall–Kier alpha value is -2.76. The van der Waals surface area contributed by atoms with E-state index < -0.39 is 0 Å². The van der Waals surface area contributed by atoms with Crippen LogP contribution in [0.2, 0.25) is 0 Å². The minimum absolute atomic E-state index is 0.181. The summed E-state index contributed by atoms with van der Waals surface area (Å²) in [6.45, 7) is 1.96. The van der Waals surface area contributed by atoms with Crippen molar-refractivity contribution in [1.82, 2.24) is 14.6 Å². The molecule has 0 unspecified atom stereocenters. The monoisotopic (exact) mass is 298 g/mol. The van der Waals surface area contributed by atoms with Crippen molar-refractivity contribution in [2.24, 2.45) is 0 Å². The van der Waals surface area contributed by atoms with Crippen molar-refractivity contribution in [3.05, 3.63) is 59.5 Å². The fraction of sp³-hybridized carbons (Fsp3) is 0.188. The lowest BCUT2D eigenvalue weighted by atomic mass is 10.1. The number of nitrogens with one attached hydrogen (secondary N) is 1. The van der Waals surface area contributed by atoms with Crippen LogP contribution in [-0.4, -0.2) is 20.5 Å². The number of hydrogen-bond donors (Lipinski definition) is 1. The van der Waals surface area contributed by atoms with Gasteiger partial charge in [-0.2, -0.15) is 0 Å². The highest BCUT2D eigenvalue weighted by atomic mass is 19.1. The Balaban J connectivity index is 1.66. The van der Waals surface area contributed by atoms with Crippen molar-refractivity contribution < 1.29 is 9.18 Å². The number of carbonyl (C=O) groups is 1. The van der Waals surface area contributed by atoms with Gasteiger partial charge in [-0.05, 0) is 48.7 Å². The van der Waals surface area contributed by atoms with Crippen LogP contribution in [-0.2, 0) is 11.2 Å². The first kappa shape index (κ1) is 14.2. The van der Waals surface area contributed by atoms with E-state index in [1.165, 1.54) is 12.1 Å². The third kappa shape index (κ3) is 3.11. The van der Waals surface area contributed by atoms with E-state index in [-0.39, 0.29) is 18.1 Å². The smallest absolute Gasteiger partial charge is 0.235 e. The summed E-state index contributed by atoms with van der Waals surface area (Å²) < 4.78 is 14.8. The highest BCUT2D eigenvalue weighted by molar-refractivity contribution is 5.89. The van der Waals surface area contributed by atoms with Crippen LogP contribution in [0.15, 0.2) is 42.6 Å². The van der Waals surface area contributed by atoms with Crippen molar-refractivity contribution in [1.29, 1.82) is 0 Å². The summed E-state index contributed by atoms with van der Waals surface area (Å²) in [6, 6.07) is 10.0. The van der Waals surface area contributed by atoms with E-state index in [2.05, 4.69) is 15.5 Å². The molecular weight excluding hydrogens is 283 g/mol. The average Bonchev–Trinajstić information content (AvgIpc) is 2.87. The summed E-state index contributed by atoms with van der Waals surface area (Å²) in [5.74, 6) is -0.0879. The number of amides is 1. The van der Waals surface area contributed by atoms with E-state index in [9.17, 15) is 9.18 Å². The first-order chi connectivity index (χ1) is 10.6. The van der Waals surface area contributed by atoms with Crippen LogP contribution in [0.5, 0.6) is 0 Å². The van der Waals surface area contributed by atoms with Gasteiger partial charge in [-0.25, -0.2) is 4.39 Å². The second-order valence-electron chi connectivity index (χ2n) is 5.13. The van der Waals surface area contributed by atoms with E-state index in [4.69, 9.17) is 0 Å². The normalized spacial score (nSPS) is 10.8. The van der Waals surface area contributed by atoms with Crippen LogP contribution in [0.4, 0.5) is 10.3 Å². The summed E-state index contributed by atoms with van der Waals surface area (Å²) in [6.07, 6.45) is 2.54. The number of aromatic nitrogens is 3. The predicted octanol–water partition coefficient (Wildman–Crippen LogP) is 2.75. The first-order valence-electron chi connectivity index (χ1n) is 6.97. The zero-order chi connectivity index (χ0) is 15.5. The molecule has 1 amide bonds. The van der Waals surface area contributed by atoms with Gasteiger partial charge in [0, 0.05) is 12.6 Å². The van der Waals surface area contributed by atoms with Gasteiger partial charge in [0.05, 0.1) is 0 Å². The molecule has 0 spiro atoms. The van der Waals surface area contributed by atoms with Gasteiger partial charge in [0.2, 0.25) is 11.9 Å². The zero-order valence-corrected chi connectivity index (χ0v) is 12.1. The fourth-order valence-corrected chi connectivity index (χ4v) is 2.22. The number of carbonyl (C=O) groups excluding carboxylic acids is 1. The Morgan fingerprint density at radius 2 is 2.14 bits per heavy atom. The third-order valence-electron chi connectivity index (χ3n) is 3.35. The minimum Gasteiger partial charge on any atom is -0.294 e. The molecule has 22 heavy (non-hydrogen) atoms. The number of pyridine rings is 1. The third-order valence-corrected chi connectivity index (χ3v) is 3.35. The number of benzene rings is 1. The van der Waals surface area contributed by atoms with E-state index in [0.717, 1.165) is 11.1 Å². The van der Waals surface area contributed by atoms with Crippen LogP contribution in [0.1, 0.15) is 17.5 Å². The molecule has 0 saturated heterocycles. The van der Waals surface area contributed by atoms with Crippen molar-refractivity contribution in [2.45, 2.75) is 19.8 Å². The largest absolute Gasteiger partial charge is 0.294 e. The molecule has 2 aromatic heterocycles. The number of hydrogen-bond acceptors (Lipinski definition) is 3. The summed E-state index contributed by atoms with van der Waals surface area (Å²) in [5.41, 5.74) is 2.54. The summed E-state index contributed by atoms with van der Waals surface area (Å²) in [7, 11) is 0. The average molecular weight is 298 g/mol. The number of aryl methyl sites for hydroxylation is 2. The molecule has 112 valence electrons. The first-order valence-corrected chi connectivity index (χ1v) is 6.97. The standard InChI is InChI=1S/C16H15FN4O/c1-11-7-8-21-14(9-11)19-20-16(21)18-15(22)6-5-12-3-2-4-13(17)10-12/h2-4,7-10H,5-6H2,1H3,(H,18,20,22). The van der Waals surface area contributed by atoms with Gasteiger partial charge in [0.25, 0.3) is 0 Å². The van der Waals surface area contributed by atoms with E-state index >= 15 is 0 Å². The van der Waals surface area contributed by atoms with Crippen molar-refractivity contribution in [3.63, 3.8) is 0 Å². The summed E-state index contributed by atoms with van der Waals surface area (Å²) >= 11 is 0. The van der Waals surface area contributed by atoms with Crippen LogP contribution in [0.25, 0.3) is 5.65 Å². The molecule has 3 aromatic rings. The maximum Gasteiger partial charge on any atom is 0.235 e. The van der Waals surface area contributed by atoms with Crippen molar-refractivity contribution >= 4 is 17.5 Å². The second kappa shape index (κ2) is 5.93. The topological polar surface area (TPSA) is 59.3 Å². The van der Waals surface area contributed by atoms with Gasteiger partial charge < -0.3 is 0 Å². The molecule has 1 N–H and O–H groups in total. The van der Waals surface area contributed by atoms with E-state index in [1.54, 1.807) is 16.5 Å². The molecule has 0 saturated carbocycles. The maximum absolute atomic E-state index is 13.1. The van der Waals surface area contributed by atoms with Gasteiger partial charge in [-0.1, -0.05) is 12.1 Å². The van der Waals surface area contributed by atoms with Crippen LogP contribution in [0, 0.1) is 12.7 Å². The molecule has 3 rings (SSSR count). The minimum atomic E-state index is -0.295. The molecule has 0 aliphatic carbocycles. The Kier molecular flexibility index (Phi) is 3.82. The molecule has 5 nitrogen and oxygen atoms in total. The number of anilines is 1. The number of rotatable bonds is 4. The molecule has 0 fully saturated rings. The quantitative estimate of drug-likeness (QED) is 0.805. The molecule has 1 aromatic carbocycles. The molecule has 6 heteroatoms. The number of halogens is 1. The highest BCUT2D eigenvalue weighted by Crippen LogP contribution is 2.11. The summed E-state index contributed by atoms with van der Waals surface area (Å²) in [5, 5.41) is 10.7. The molecule has 0 radical (unpaired) electrons. The van der Waals surface area contributed by atoms with Crippen LogP contribution < -0.4 is 5.32 Å². The fourth-order valence-electron chi connectivity index (χ4n) is 2.22. The van der Waals surface area contributed by atoms with Crippen molar-refractivity contribution in [3.8, 4) is 0 Å². The van der Waals surface area contributed by atoms with Crippen molar-refractivity contribution in [2.75, 3.05) is 5.32 Å². The van der Waals surface area contributed by atoms with Crippen LogP contribution in [0.3, 0.4) is 0 Å². The van der Waals surface area contributed by atoms with Gasteiger partial charge >= 0.3 is 0 Å². The maximum atomic E-state index is 13.1. The molecule has 0 bridgehead atoms. The lowest BCUT2D eigenvalue weighted by Gasteiger charge is -2.04. The molecule has 0 aliphatic rings. The molecule has 0 aliphatic heterocycles. The van der Waals surface area contributed by atoms with Gasteiger partial charge in [0.15, 0.2) is 5.65 Å².